The molecular weight excluding hydrogens is 260 g/mol. The van der Waals surface area contributed by atoms with E-state index in [0.717, 1.165) is 26.1 Å². The summed E-state index contributed by atoms with van der Waals surface area (Å²) in [6.07, 6.45) is 3.31. The predicted octanol–water partition coefficient (Wildman–Crippen LogP) is 1.27. The van der Waals surface area contributed by atoms with E-state index in [9.17, 15) is 8.42 Å². The maximum Gasteiger partial charge on any atom is 0.151 e. The van der Waals surface area contributed by atoms with Crippen LogP contribution in [0.1, 0.15) is 40.0 Å². The molecule has 5 heteroatoms. The maximum atomic E-state index is 11.6. The lowest BCUT2D eigenvalue weighted by Gasteiger charge is -2.45. The Hall–Kier alpha value is -0.130. The second-order valence-corrected chi connectivity index (χ2v) is 9.38. The molecule has 1 heterocycles. The summed E-state index contributed by atoms with van der Waals surface area (Å²) in [4.78, 5) is 2.42. The maximum absolute atomic E-state index is 11.6. The van der Waals surface area contributed by atoms with Gasteiger partial charge in [0.25, 0.3) is 0 Å². The van der Waals surface area contributed by atoms with Crippen LogP contribution in [0, 0.1) is 5.92 Å². The molecule has 0 radical (unpaired) electrons. The Morgan fingerprint density at radius 2 is 1.89 bits per heavy atom. The summed E-state index contributed by atoms with van der Waals surface area (Å²) in [6, 6.07) is 0.600. The van der Waals surface area contributed by atoms with Crippen LogP contribution in [-0.4, -0.2) is 56.0 Å². The first kappa shape index (κ1) is 15.3. The van der Waals surface area contributed by atoms with Gasteiger partial charge in [-0.2, -0.15) is 0 Å². The van der Waals surface area contributed by atoms with E-state index in [-0.39, 0.29) is 5.54 Å². The molecule has 2 atom stereocenters. The molecule has 4 nitrogen and oxygen atoms in total. The molecule has 1 saturated carbocycles. The van der Waals surface area contributed by atoms with E-state index in [1.807, 2.05) is 0 Å². The minimum absolute atomic E-state index is 0.169. The molecule has 2 rings (SSSR count). The molecular formula is C14H28N2O2S. The number of nitrogens with one attached hydrogen (secondary N) is 1. The summed E-state index contributed by atoms with van der Waals surface area (Å²) < 4.78 is 23.3. The van der Waals surface area contributed by atoms with Crippen LogP contribution in [0.25, 0.3) is 0 Å². The van der Waals surface area contributed by atoms with E-state index in [0.29, 0.717) is 23.5 Å². The van der Waals surface area contributed by atoms with Gasteiger partial charge >= 0.3 is 0 Å². The molecule has 1 aliphatic heterocycles. The molecule has 1 aliphatic carbocycles. The van der Waals surface area contributed by atoms with Gasteiger partial charge in [0.05, 0.1) is 11.5 Å². The van der Waals surface area contributed by atoms with Crippen molar-refractivity contribution >= 4 is 9.84 Å². The van der Waals surface area contributed by atoms with Gasteiger partial charge in [-0.3, -0.25) is 4.90 Å². The summed E-state index contributed by atoms with van der Waals surface area (Å²) in [6.45, 7) is 9.32. The highest BCUT2D eigenvalue weighted by Gasteiger charge is 2.36. The van der Waals surface area contributed by atoms with Gasteiger partial charge in [-0.05, 0) is 59.0 Å². The topological polar surface area (TPSA) is 49.4 Å². The third kappa shape index (κ3) is 4.43. The van der Waals surface area contributed by atoms with Crippen molar-refractivity contribution in [1.82, 2.24) is 10.2 Å². The Morgan fingerprint density at radius 3 is 2.47 bits per heavy atom. The largest absolute Gasteiger partial charge is 0.312 e. The fraction of sp³-hybridized carbons (Fsp3) is 1.00. The van der Waals surface area contributed by atoms with Gasteiger partial charge in [0.2, 0.25) is 0 Å². The first-order valence-corrected chi connectivity index (χ1v) is 9.28. The van der Waals surface area contributed by atoms with E-state index in [2.05, 4.69) is 31.0 Å². The average Bonchev–Trinajstić information content (AvgIpc) is 2.37. The monoisotopic (exact) mass is 288 g/mol. The lowest BCUT2D eigenvalue weighted by Crippen LogP contribution is -2.53. The fourth-order valence-electron chi connectivity index (χ4n) is 3.00. The molecule has 0 aromatic rings. The number of sulfone groups is 1. The van der Waals surface area contributed by atoms with Crippen LogP contribution in [0.4, 0.5) is 0 Å². The van der Waals surface area contributed by atoms with Crippen molar-refractivity contribution in [3.63, 3.8) is 0 Å². The molecule has 2 unspecified atom stereocenters. The zero-order valence-electron chi connectivity index (χ0n) is 12.5. The van der Waals surface area contributed by atoms with Crippen LogP contribution in [0.3, 0.4) is 0 Å². The molecule has 1 N–H and O–H groups in total. The molecule has 19 heavy (non-hydrogen) atoms. The first-order valence-electron chi connectivity index (χ1n) is 7.46. The van der Waals surface area contributed by atoms with E-state index in [1.165, 1.54) is 12.8 Å². The van der Waals surface area contributed by atoms with E-state index < -0.39 is 9.84 Å². The number of hydrogen-bond donors (Lipinski definition) is 1. The van der Waals surface area contributed by atoms with E-state index in [1.54, 1.807) is 0 Å². The summed E-state index contributed by atoms with van der Waals surface area (Å²) in [7, 11) is -2.78. The molecule has 0 amide bonds. The SMILES string of the molecule is CC(C)(C)NCC1CCC1N1CCCS(=O)(=O)CC1. The van der Waals surface area contributed by atoms with Gasteiger partial charge in [-0.1, -0.05) is 0 Å². The highest BCUT2D eigenvalue weighted by molar-refractivity contribution is 7.91. The molecule has 1 saturated heterocycles. The highest BCUT2D eigenvalue weighted by Crippen LogP contribution is 2.32. The van der Waals surface area contributed by atoms with Crippen LogP contribution < -0.4 is 5.32 Å². The van der Waals surface area contributed by atoms with E-state index in [4.69, 9.17) is 0 Å². The van der Waals surface area contributed by atoms with Gasteiger partial charge in [0.15, 0.2) is 9.84 Å². The third-order valence-corrected chi connectivity index (χ3v) is 6.05. The Morgan fingerprint density at radius 1 is 1.16 bits per heavy atom. The molecule has 0 bridgehead atoms. The Kier molecular flexibility index (Phi) is 4.58. The van der Waals surface area contributed by atoms with Crippen molar-refractivity contribution < 1.29 is 8.42 Å². The molecule has 112 valence electrons. The second-order valence-electron chi connectivity index (χ2n) is 7.08. The smallest absolute Gasteiger partial charge is 0.151 e. The van der Waals surface area contributed by atoms with Gasteiger partial charge in [-0.25, -0.2) is 8.42 Å². The summed E-state index contributed by atoms with van der Waals surface area (Å²) in [5.74, 6) is 1.42. The molecule has 0 spiro atoms. The molecule has 2 fully saturated rings. The zero-order chi connectivity index (χ0) is 14.1. The third-order valence-electron chi connectivity index (χ3n) is 4.33. The standard InChI is InChI=1S/C14H28N2O2S/c1-14(2,3)15-11-12-5-6-13(12)16-7-4-9-19(17,18)10-8-16/h12-13,15H,4-11H2,1-3H3. The average molecular weight is 288 g/mol. The van der Waals surface area contributed by atoms with Crippen LogP contribution in [0.2, 0.25) is 0 Å². The first-order chi connectivity index (χ1) is 8.77. The Bertz CT molecular complexity index is 400. The summed E-state index contributed by atoms with van der Waals surface area (Å²) in [5.41, 5.74) is 0.169. The number of hydrogen-bond acceptors (Lipinski definition) is 4. The highest BCUT2D eigenvalue weighted by atomic mass is 32.2. The van der Waals surface area contributed by atoms with Gasteiger partial charge in [-0.15, -0.1) is 0 Å². The second kappa shape index (κ2) is 5.70. The molecule has 0 aromatic heterocycles. The lowest BCUT2D eigenvalue weighted by molar-refractivity contribution is 0.0644. The summed E-state index contributed by atoms with van der Waals surface area (Å²) >= 11 is 0. The van der Waals surface area contributed by atoms with Gasteiger partial charge in [0, 0.05) is 18.1 Å². The van der Waals surface area contributed by atoms with Crippen molar-refractivity contribution in [2.24, 2.45) is 5.92 Å². The van der Waals surface area contributed by atoms with Crippen LogP contribution in [0.15, 0.2) is 0 Å². The Balaban J connectivity index is 1.85. The molecule has 2 aliphatic rings. The Labute approximate surface area is 117 Å². The molecule has 0 aromatic carbocycles. The summed E-state index contributed by atoms with van der Waals surface area (Å²) in [5, 5.41) is 3.58. The minimum atomic E-state index is -2.78. The van der Waals surface area contributed by atoms with E-state index >= 15 is 0 Å². The van der Waals surface area contributed by atoms with Crippen molar-refractivity contribution in [3.05, 3.63) is 0 Å². The number of nitrogens with zero attached hydrogens (tertiary/aromatic N) is 1. The van der Waals surface area contributed by atoms with Crippen LogP contribution in [0.5, 0.6) is 0 Å². The van der Waals surface area contributed by atoms with Crippen molar-refractivity contribution in [1.29, 1.82) is 0 Å². The van der Waals surface area contributed by atoms with Gasteiger partial charge in [0.1, 0.15) is 0 Å². The zero-order valence-corrected chi connectivity index (χ0v) is 13.3. The quantitative estimate of drug-likeness (QED) is 0.850. The fourth-order valence-corrected chi connectivity index (χ4v) is 4.28. The number of rotatable bonds is 3. The van der Waals surface area contributed by atoms with Crippen LogP contribution in [-0.2, 0) is 9.84 Å². The van der Waals surface area contributed by atoms with Crippen LogP contribution >= 0.6 is 0 Å². The van der Waals surface area contributed by atoms with Gasteiger partial charge < -0.3 is 5.32 Å². The van der Waals surface area contributed by atoms with Crippen molar-refractivity contribution in [2.45, 2.75) is 51.6 Å². The van der Waals surface area contributed by atoms with Crippen molar-refractivity contribution in [2.75, 3.05) is 31.1 Å². The predicted molar refractivity (Wildman–Crippen MR) is 79.1 cm³/mol. The van der Waals surface area contributed by atoms with Crippen molar-refractivity contribution in [3.8, 4) is 0 Å². The normalized spacial score (nSPS) is 32.6. The lowest BCUT2D eigenvalue weighted by atomic mass is 9.78. The minimum Gasteiger partial charge on any atom is -0.312 e.